The van der Waals surface area contributed by atoms with Crippen molar-refractivity contribution in [2.24, 2.45) is 5.92 Å². The van der Waals surface area contributed by atoms with E-state index in [0.717, 1.165) is 19.4 Å². The number of carbonyl (C=O) groups excluding carboxylic acids is 2. The smallest absolute Gasteiger partial charge is 0.251 e. The first-order chi connectivity index (χ1) is 11.8. The Morgan fingerprint density at radius 1 is 1.12 bits per heavy atom. The van der Waals surface area contributed by atoms with Gasteiger partial charge in [-0.3, -0.25) is 9.59 Å². The molecule has 1 heterocycles. The largest absolute Gasteiger partial charge is 0.352 e. The summed E-state index contributed by atoms with van der Waals surface area (Å²) in [5.74, 6) is 0.729. The lowest BCUT2D eigenvalue weighted by atomic mass is 9.85. The summed E-state index contributed by atoms with van der Waals surface area (Å²) in [6, 6.07) is 9.18. The molecule has 4 nitrogen and oxygen atoms in total. The highest BCUT2D eigenvalue weighted by atomic mass is 16.2. The lowest BCUT2D eigenvalue weighted by Crippen LogP contribution is -2.39. The van der Waals surface area contributed by atoms with Gasteiger partial charge >= 0.3 is 0 Å². The molecule has 0 saturated carbocycles. The summed E-state index contributed by atoms with van der Waals surface area (Å²) < 4.78 is 0. The standard InChI is InChI=1S/C20H26N2O2/c23-19(22-15-7-11-16-8-4-5-12-18(16)22)13-6-14-21-20(24)17-9-2-1-3-10-17/h1-3,9-10,12,16H,4-8,11,13-15H2,(H,21,24). The Bertz CT molecular complexity index is 609. The van der Waals surface area contributed by atoms with E-state index in [2.05, 4.69) is 11.4 Å². The van der Waals surface area contributed by atoms with Crippen LogP contribution in [0.1, 0.15) is 55.3 Å². The molecule has 1 aromatic rings. The Hall–Kier alpha value is -2.10. The number of rotatable bonds is 5. The van der Waals surface area contributed by atoms with Crippen LogP contribution in [-0.2, 0) is 4.79 Å². The molecule has 1 saturated heterocycles. The number of carbonyl (C=O) groups is 2. The molecule has 1 fully saturated rings. The minimum atomic E-state index is -0.0731. The number of piperidine rings is 1. The third kappa shape index (κ3) is 4.05. The molecule has 1 aliphatic heterocycles. The summed E-state index contributed by atoms with van der Waals surface area (Å²) in [5.41, 5.74) is 1.93. The Morgan fingerprint density at radius 3 is 2.75 bits per heavy atom. The van der Waals surface area contributed by atoms with Crippen molar-refractivity contribution in [3.8, 4) is 0 Å². The first-order valence-corrected chi connectivity index (χ1v) is 9.09. The monoisotopic (exact) mass is 326 g/mol. The number of nitrogens with one attached hydrogen (secondary N) is 1. The van der Waals surface area contributed by atoms with Crippen molar-refractivity contribution in [2.75, 3.05) is 13.1 Å². The highest BCUT2D eigenvalue weighted by Gasteiger charge is 2.29. The van der Waals surface area contributed by atoms with Gasteiger partial charge in [-0.15, -0.1) is 0 Å². The van der Waals surface area contributed by atoms with Crippen LogP contribution >= 0.6 is 0 Å². The van der Waals surface area contributed by atoms with Crippen molar-refractivity contribution < 1.29 is 9.59 Å². The Labute approximate surface area is 143 Å². The molecule has 4 heteroatoms. The molecule has 1 N–H and O–H groups in total. The predicted octanol–water partition coefficient (Wildman–Crippen LogP) is 3.50. The number of hydrogen-bond donors (Lipinski definition) is 1. The number of allylic oxidation sites excluding steroid dienone is 2. The molecule has 1 unspecified atom stereocenters. The minimum Gasteiger partial charge on any atom is -0.352 e. The summed E-state index contributed by atoms with van der Waals surface area (Å²) in [6.45, 7) is 1.40. The third-order valence-corrected chi connectivity index (χ3v) is 4.96. The minimum absolute atomic E-state index is 0.0731. The quantitative estimate of drug-likeness (QED) is 0.842. The van der Waals surface area contributed by atoms with Crippen molar-refractivity contribution >= 4 is 11.8 Å². The second kappa shape index (κ2) is 8.13. The number of nitrogens with zero attached hydrogens (tertiary/aromatic N) is 1. The van der Waals surface area contributed by atoms with Crippen molar-refractivity contribution in [1.29, 1.82) is 0 Å². The van der Waals surface area contributed by atoms with Gasteiger partial charge < -0.3 is 10.2 Å². The van der Waals surface area contributed by atoms with E-state index >= 15 is 0 Å². The Balaban J connectivity index is 1.44. The highest BCUT2D eigenvalue weighted by Crippen LogP contribution is 2.35. The second-order valence-corrected chi connectivity index (χ2v) is 6.67. The van der Waals surface area contributed by atoms with Crippen molar-refractivity contribution in [2.45, 2.75) is 44.9 Å². The van der Waals surface area contributed by atoms with Gasteiger partial charge in [-0.05, 0) is 56.6 Å². The lowest BCUT2D eigenvalue weighted by molar-refractivity contribution is -0.130. The van der Waals surface area contributed by atoms with Crippen LogP contribution in [0.2, 0.25) is 0 Å². The average Bonchev–Trinajstić information content (AvgIpc) is 2.65. The fourth-order valence-corrected chi connectivity index (χ4v) is 3.71. The molecule has 24 heavy (non-hydrogen) atoms. The molecule has 0 radical (unpaired) electrons. The van der Waals surface area contributed by atoms with Gasteiger partial charge in [0.1, 0.15) is 0 Å². The topological polar surface area (TPSA) is 49.4 Å². The van der Waals surface area contributed by atoms with Crippen LogP contribution in [0.15, 0.2) is 42.1 Å². The zero-order chi connectivity index (χ0) is 16.8. The van der Waals surface area contributed by atoms with E-state index in [0.29, 0.717) is 30.9 Å². The summed E-state index contributed by atoms with van der Waals surface area (Å²) in [6.07, 6.45) is 9.36. The maximum atomic E-state index is 12.5. The van der Waals surface area contributed by atoms with Crippen LogP contribution < -0.4 is 5.32 Å². The fourth-order valence-electron chi connectivity index (χ4n) is 3.71. The molecule has 0 bridgehead atoms. The van der Waals surface area contributed by atoms with Crippen LogP contribution in [-0.4, -0.2) is 29.8 Å². The number of fused-ring (bicyclic) bond motifs is 1. The van der Waals surface area contributed by atoms with Crippen LogP contribution in [0.5, 0.6) is 0 Å². The van der Waals surface area contributed by atoms with E-state index in [1.165, 1.54) is 25.0 Å². The molecular formula is C20H26N2O2. The molecule has 0 aromatic heterocycles. The number of hydrogen-bond acceptors (Lipinski definition) is 2. The average molecular weight is 326 g/mol. The summed E-state index contributed by atoms with van der Waals surface area (Å²) in [5, 5.41) is 2.89. The van der Waals surface area contributed by atoms with Crippen LogP contribution in [0.25, 0.3) is 0 Å². The third-order valence-electron chi connectivity index (χ3n) is 4.96. The zero-order valence-corrected chi connectivity index (χ0v) is 14.2. The van der Waals surface area contributed by atoms with E-state index in [9.17, 15) is 9.59 Å². The molecule has 1 atom stereocenters. The summed E-state index contributed by atoms with van der Waals surface area (Å²) >= 11 is 0. The van der Waals surface area contributed by atoms with Gasteiger partial charge in [-0.25, -0.2) is 0 Å². The highest BCUT2D eigenvalue weighted by molar-refractivity contribution is 5.94. The van der Waals surface area contributed by atoms with E-state index in [1.54, 1.807) is 12.1 Å². The second-order valence-electron chi connectivity index (χ2n) is 6.67. The zero-order valence-electron chi connectivity index (χ0n) is 14.2. The predicted molar refractivity (Wildman–Crippen MR) is 94.4 cm³/mol. The lowest BCUT2D eigenvalue weighted by Gasteiger charge is -2.38. The van der Waals surface area contributed by atoms with E-state index in [4.69, 9.17) is 0 Å². The van der Waals surface area contributed by atoms with Crippen LogP contribution in [0.4, 0.5) is 0 Å². The normalized spacial score (nSPS) is 20.1. The van der Waals surface area contributed by atoms with E-state index in [-0.39, 0.29) is 11.8 Å². The van der Waals surface area contributed by atoms with Gasteiger partial charge in [0.05, 0.1) is 0 Å². The Morgan fingerprint density at radius 2 is 1.92 bits per heavy atom. The molecule has 1 aliphatic carbocycles. The van der Waals surface area contributed by atoms with E-state index in [1.807, 2.05) is 23.1 Å². The maximum absolute atomic E-state index is 12.5. The summed E-state index contributed by atoms with van der Waals surface area (Å²) in [7, 11) is 0. The van der Waals surface area contributed by atoms with Gasteiger partial charge in [0.25, 0.3) is 5.91 Å². The van der Waals surface area contributed by atoms with Gasteiger partial charge in [0.15, 0.2) is 0 Å². The first kappa shape index (κ1) is 16.7. The molecule has 128 valence electrons. The van der Waals surface area contributed by atoms with E-state index < -0.39 is 0 Å². The fraction of sp³-hybridized carbons (Fsp3) is 0.500. The van der Waals surface area contributed by atoms with Crippen LogP contribution in [0, 0.1) is 5.92 Å². The maximum Gasteiger partial charge on any atom is 0.251 e. The summed E-state index contributed by atoms with van der Waals surface area (Å²) in [4.78, 5) is 26.5. The van der Waals surface area contributed by atoms with Gasteiger partial charge in [-0.1, -0.05) is 24.3 Å². The number of benzene rings is 1. The molecule has 2 aliphatic rings. The number of amides is 2. The van der Waals surface area contributed by atoms with Gasteiger partial charge in [0, 0.05) is 30.8 Å². The van der Waals surface area contributed by atoms with Gasteiger partial charge in [0.2, 0.25) is 5.91 Å². The molecular weight excluding hydrogens is 300 g/mol. The van der Waals surface area contributed by atoms with Crippen molar-refractivity contribution in [1.82, 2.24) is 10.2 Å². The molecule has 1 aromatic carbocycles. The van der Waals surface area contributed by atoms with Gasteiger partial charge in [-0.2, -0.15) is 0 Å². The molecule has 0 spiro atoms. The molecule has 3 rings (SSSR count). The van der Waals surface area contributed by atoms with Crippen molar-refractivity contribution in [3.63, 3.8) is 0 Å². The number of likely N-dealkylation sites (tertiary alicyclic amines) is 1. The molecule has 2 amide bonds. The first-order valence-electron chi connectivity index (χ1n) is 9.09. The van der Waals surface area contributed by atoms with Crippen LogP contribution in [0.3, 0.4) is 0 Å². The SMILES string of the molecule is O=C(NCCCC(=O)N1CCCC2CCCC=C21)c1ccccc1. The van der Waals surface area contributed by atoms with Crippen molar-refractivity contribution in [3.05, 3.63) is 47.7 Å². The Kier molecular flexibility index (Phi) is 5.68.